The van der Waals surface area contributed by atoms with Gasteiger partial charge in [0.15, 0.2) is 0 Å². The number of rotatable bonds is 5. The molecule has 0 amide bonds. The molecule has 0 aromatic carbocycles. The summed E-state index contributed by atoms with van der Waals surface area (Å²) in [6, 6.07) is 2.33. The molecule has 0 aliphatic carbocycles. The molecule has 1 aliphatic heterocycles. The standard InChI is InChI=1S/C12H22N6/c1-10(18-5-3-2-4-6-18)8-14-11-7-12(17-13)16-9-15-11/h7,9-10H,2-6,8,13H2,1H3,(H2,14,15,16,17). The SMILES string of the molecule is CC(CNc1cc(NN)ncn1)N1CCCCC1. The Labute approximate surface area is 108 Å². The van der Waals surface area contributed by atoms with Crippen molar-refractivity contribution in [2.24, 2.45) is 5.84 Å². The number of nitrogen functional groups attached to an aromatic ring is 1. The van der Waals surface area contributed by atoms with Crippen LogP contribution in [-0.2, 0) is 0 Å². The first-order valence-electron chi connectivity index (χ1n) is 6.56. The highest BCUT2D eigenvalue weighted by Crippen LogP contribution is 2.13. The predicted molar refractivity (Wildman–Crippen MR) is 73.2 cm³/mol. The fourth-order valence-corrected chi connectivity index (χ4v) is 2.27. The van der Waals surface area contributed by atoms with Crippen LogP contribution in [0, 0.1) is 0 Å². The third-order valence-electron chi connectivity index (χ3n) is 3.41. The van der Waals surface area contributed by atoms with Crippen LogP contribution in [0.2, 0.25) is 0 Å². The maximum absolute atomic E-state index is 5.32. The van der Waals surface area contributed by atoms with E-state index in [9.17, 15) is 0 Å². The number of piperidine rings is 1. The van der Waals surface area contributed by atoms with Gasteiger partial charge in [0.2, 0.25) is 0 Å². The Morgan fingerprint density at radius 3 is 2.72 bits per heavy atom. The lowest BCUT2D eigenvalue weighted by molar-refractivity contribution is 0.180. The summed E-state index contributed by atoms with van der Waals surface area (Å²) in [6.07, 6.45) is 5.51. The summed E-state index contributed by atoms with van der Waals surface area (Å²) in [5.74, 6) is 6.75. The van der Waals surface area contributed by atoms with Gasteiger partial charge in [-0.1, -0.05) is 6.42 Å². The Balaban J connectivity index is 1.82. The highest BCUT2D eigenvalue weighted by Gasteiger charge is 2.16. The molecule has 6 heteroatoms. The number of nitrogens with one attached hydrogen (secondary N) is 2. The average Bonchev–Trinajstić information content (AvgIpc) is 2.46. The van der Waals surface area contributed by atoms with Crippen LogP contribution in [0.4, 0.5) is 11.6 Å². The van der Waals surface area contributed by atoms with Crippen LogP contribution in [0.25, 0.3) is 0 Å². The monoisotopic (exact) mass is 250 g/mol. The minimum Gasteiger partial charge on any atom is -0.368 e. The number of hydrogen-bond donors (Lipinski definition) is 3. The van der Waals surface area contributed by atoms with Gasteiger partial charge in [-0.3, -0.25) is 4.90 Å². The molecule has 6 nitrogen and oxygen atoms in total. The van der Waals surface area contributed by atoms with Gasteiger partial charge in [-0.15, -0.1) is 0 Å². The highest BCUT2D eigenvalue weighted by molar-refractivity contribution is 5.45. The third kappa shape index (κ3) is 3.54. The van der Waals surface area contributed by atoms with Gasteiger partial charge in [-0.05, 0) is 32.9 Å². The Bertz CT molecular complexity index is 363. The number of anilines is 2. The van der Waals surface area contributed by atoms with Crippen LogP contribution in [0.1, 0.15) is 26.2 Å². The Morgan fingerprint density at radius 2 is 2.00 bits per heavy atom. The normalized spacial score (nSPS) is 18.3. The van der Waals surface area contributed by atoms with Crippen LogP contribution >= 0.6 is 0 Å². The molecule has 2 rings (SSSR count). The molecule has 0 bridgehead atoms. The van der Waals surface area contributed by atoms with E-state index in [0.29, 0.717) is 11.9 Å². The average molecular weight is 250 g/mol. The van der Waals surface area contributed by atoms with Crippen LogP contribution < -0.4 is 16.6 Å². The summed E-state index contributed by atoms with van der Waals surface area (Å²) >= 11 is 0. The van der Waals surface area contributed by atoms with Crippen molar-refractivity contribution < 1.29 is 0 Å². The quantitative estimate of drug-likeness (QED) is 0.535. The number of nitrogens with zero attached hydrogens (tertiary/aromatic N) is 3. The number of hydrogen-bond acceptors (Lipinski definition) is 6. The third-order valence-corrected chi connectivity index (χ3v) is 3.41. The molecule has 2 heterocycles. The van der Waals surface area contributed by atoms with Gasteiger partial charge in [0.25, 0.3) is 0 Å². The topological polar surface area (TPSA) is 79.1 Å². The van der Waals surface area contributed by atoms with Gasteiger partial charge in [0.05, 0.1) is 0 Å². The molecular weight excluding hydrogens is 228 g/mol. The predicted octanol–water partition coefficient (Wildman–Crippen LogP) is 1.05. The number of likely N-dealkylation sites (tertiary alicyclic amines) is 1. The second-order valence-electron chi connectivity index (χ2n) is 4.76. The first-order chi connectivity index (χ1) is 8.79. The molecule has 1 saturated heterocycles. The fraction of sp³-hybridized carbons (Fsp3) is 0.667. The summed E-state index contributed by atoms with van der Waals surface area (Å²) in [5, 5.41) is 3.33. The van der Waals surface area contributed by atoms with Gasteiger partial charge in [-0.2, -0.15) is 0 Å². The van der Waals surface area contributed by atoms with E-state index in [-0.39, 0.29) is 0 Å². The second kappa shape index (κ2) is 6.51. The Morgan fingerprint density at radius 1 is 1.28 bits per heavy atom. The van der Waals surface area contributed by atoms with Crippen molar-refractivity contribution in [3.8, 4) is 0 Å². The molecule has 0 saturated carbocycles. The molecule has 1 aromatic rings. The minimum absolute atomic E-state index is 0.523. The summed E-state index contributed by atoms with van der Waals surface area (Å²) < 4.78 is 0. The maximum atomic E-state index is 5.32. The van der Waals surface area contributed by atoms with Crippen molar-refractivity contribution in [1.82, 2.24) is 14.9 Å². The molecule has 18 heavy (non-hydrogen) atoms. The number of nitrogens with two attached hydrogens (primary N) is 1. The van der Waals surface area contributed by atoms with Crippen molar-refractivity contribution in [2.45, 2.75) is 32.2 Å². The lowest BCUT2D eigenvalue weighted by Gasteiger charge is -2.32. The molecule has 1 aromatic heterocycles. The van der Waals surface area contributed by atoms with Gasteiger partial charge in [-0.25, -0.2) is 15.8 Å². The zero-order chi connectivity index (χ0) is 12.8. The zero-order valence-corrected chi connectivity index (χ0v) is 10.9. The van der Waals surface area contributed by atoms with Crippen molar-refractivity contribution in [1.29, 1.82) is 0 Å². The highest BCUT2D eigenvalue weighted by atomic mass is 15.3. The molecule has 0 radical (unpaired) electrons. The van der Waals surface area contributed by atoms with E-state index in [0.717, 1.165) is 12.4 Å². The van der Waals surface area contributed by atoms with Gasteiger partial charge in [0.1, 0.15) is 18.0 Å². The van der Waals surface area contributed by atoms with Crippen LogP contribution in [0.15, 0.2) is 12.4 Å². The zero-order valence-electron chi connectivity index (χ0n) is 10.9. The number of hydrazine groups is 1. The van der Waals surface area contributed by atoms with E-state index < -0.39 is 0 Å². The van der Waals surface area contributed by atoms with Gasteiger partial charge >= 0.3 is 0 Å². The molecule has 1 fully saturated rings. The summed E-state index contributed by atoms with van der Waals surface area (Å²) in [6.45, 7) is 5.56. The second-order valence-corrected chi connectivity index (χ2v) is 4.76. The van der Waals surface area contributed by atoms with Crippen molar-refractivity contribution >= 4 is 11.6 Å². The smallest absolute Gasteiger partial charge is 0.145 e. The summed E-state index contributed by atoms with van der Waals surface area (Å²) in [5.41, 5.74) is 2.52. The fourth-order valence-electron chi connectivity index (χ4n) is 2.27. The lowest BCUT2D eigenvalue weighted by Crippen LogP contribution is -2.41. The Kier molecular flexibility index (Phi) is 4.72. The van der Waals surface area contributed by atoms with Crippen LogP contribution in [-0.4, -0.2) is 40.5 Å². The van der Waals surface area contributed by atoms with E-state index in [1.807, 2.05) is 6.07 Å². The lowest BCUT2D eigenvalue weighted by atomic mass is 10.1. The summed E-state index contributed by atoms with van der Waals surface area (Å²) in [4.78, 5) is 10.7. The Hall–Kier alpha value is -1.40. The van der Waals surface area contributed by atoms with Crippen LogP contribution in [0.3, 0.4) is 0 Å². The molecule has 1 unspecified atom stereocenters. The first-order valence-corrected chi connectivity index (χ1v) is 6.56. The van der Waals surface area contributed by atoms with Crippen LogP contribution in [0.5, 0.6) is 0 Å². The minimum atomic E-state index is 0.523. The van der Waals surface area contributed by atoms with E-state index in [4.69, 9.17) is 5.84 Å². The molecule has 100 valence electrons. The van der Waals surface area contributed by atoms with E-state index in [1.54, 1.807) is 0 Å². The maximum Gasteiger partial charge on any atom is 0.145 e. The van der Waals surface area contributed by atoms with Gasteiger partial charge < -0.3 is 10.7 Å². The molecular formula is C12H22N6. The first kappa shape index (κ1) is 13.0. The molecule has 4 N–H and O–H groups in total. The van der Waals surface area contributed by atoms with E-state index in [2.05, 4.69) is 32.5 Å². The molecule has 1 atom stereocenters. The van der Waals surface area contributed by atoms with Crippen molar-refractivity contribution in [3.63, 3.8) is 0 Å². The number of aromatic nitrogens is 2. The molecule has 1 aliphatic rings. The molecule has 0 spiro atoms. The van der Waals surface area contributed by atoms with E-state index in [1.165, 1.54) is 38.7 Å². The summed E-state index contributed by atoms with van der Waals surface area (Å²) in [7, 11) is 0. The van der Waals surface area contributed by atoms with Gasteiger partial charge in [0, 0.05) is 18.7 Å². The van der Waals surface area contributed by atoms with Crippen molar-refractivity contribution in [3.05, 3.63) is 12.4 Å². The largest absolute Gasteiger partial charge is 0.368 e. The van der Waals surface area contributed by atoms with E-state index >= 15 is 0 Å². The van der Waals surface area contributed by atoms with Crippen molar-refractivity contribution in [2.75, 3.05) is 30.4 Å².